The topological polar surface area (TPSA) is 76.3 Å². The zero-order chi connectivity index (χ0) is 22.2. The highest BCUT2D eigenvalue weighted by molar-refractivity contribution is 7.89. The third-order valence-corrected chi connectivity index (χ3v) is 7.77. The SMILES string of the molecule is Cc1ccc(CN2CCC(CNS(=O)(=O)c3ccc4c(c3)n(C)c(=O)n4C)CC2)cc1. The largest absolute Gasteiger partial charge is 0.328 e. The molecule has 0 unspecified atom stereocenters. The van der Waals surface area contributed by atoms with E-state index < -0.39 is 10.0 Å². The van der Waals surface area contributed by atoms with Gasteiger partial charge in [0.1, 0.15) is 0 Å². The fourth-order valence-electron chi connectivity index (χ4n) is 4.27. The number of hydrogen-bond acceptors (Lipinski definition) is 4. The van der Waals surface area contributed by atoms with E-state index in [4.69, 9.17) is 0 Å². The molecule has 3 aromatic rings. The summed E-state index contributed by atoms with van der Waals surface area (Å²) in [4.78, 5) is 14.7. The van der Waals surface area contributed by atoms with E-state index in [1.807, 2.05) is 0 Å². The lowest BCUT2D eigenvalue weighted by Gasteiger charge is -2.32. The first-order chi connectivity index (χ1) is 14.7. The van der Waals surface area contributed by atoms with E-state index in [2.05, 4.69) is 40.8 Å². The Bertz CT molecular complexity index is 1230. The van der Waals surface area contributed by atoms with Gasteiger partial charge in [-0.2, -0.15) is 0 Å². The van der Waals surface area contributed by atoms with Crippen LogP contribution in [-0.4, -0.2) is 42.1 Å². The molecule has 1 saturated heterocycles. The molecule has 1 N–H and O–H groups in total. The summed E-state index contributed by atoms with van der Waals surface area (Å²) in [7, 11) is -0.291. The highest BCUT2D eigenvalue weighted by Gasteiger charge is 2.23. The number of imidazole rings is 1. The number of fused-ring (bicyclic) bond motifs is 1. The molecular formula is C23H30N4O3S. The van der Waals surface area contributed by atoms with Gasteiger partial charge in [0, 0.05) is 27.2 Å². The maximum Gasteiger partial charge on any atom is 0.328 e. The molecule has 2 heterocycles. The number of nitrogens with one attached hydrogen (secondary N) is 1. The van der Waals surface area contributed by atoms with Crippen molar-refractivity contribution in [3.63, 3.8) is 0 Å². The van der Waals surface area contributed by atoms with Crippen LogP contribution >= 0.6 is 0 Å². The van der Waals surface area contributed by atoms with Gasteiger partial charge in [-0.1, -0.05) is 29.8 Å². The smallest absolute Gasteiger partial charge is 0.299 e. The second-order valence-electron chi connectivity index (χ2n) is 8.61. The Morgan fingerprint density at radius 1 is 0.968 bits per heavy atom. The number of rotatable bonds is 6. The standard InChI is InChI=1S/C23H30N4O3S/c1-17-4-6-19(7-5-17)16-27-12-10-18(11-13-27)15-24-31(29,30)20-8-9-21-22(14-20)26(3)23(28)25(21)2/h4-9,14,18,24H,10-13,15-16H2,1-3H3. The van der Waals surface area contributed by atoms with Gasteiger partial charge >= 0.3 is 5.69 Å². The van der Waals surface area contributed by atoms with E-state index in [0.717, 1.165) is 32.5 Å². The average molecular weight is 443 g/mol. The number of nitrogens with zero attached hydrogens (tertiary/aromatic N) is 3. The Balaban J connectivity index is 1.35. The lowest BCUT2D eigenvalue weighted by atomic mass is 9.97. The minimum Gasteiger partial charge on any atom is -0.299 e. The van der Waals surface area contributed by atoms with Crippen LogP contribution < -0.4 is 10.4 Å². The average Bonchev–Trinajstić information content (AvgIpc) is 2.98. The molecule has 0 aliphatic carbocycles. The summed E-state index contributed by atoms with van der Waals surface area (Å²) in [5.74, 6) is 0.328. The first-order valence-electron chi connectivity index (χ1n) is 10.7. The third-order valence-electron chi connectivity index (χ3n) is 6.35. The van der Waals surface area contributed by atoms with Crippen LogP contribution in [-0.2, 0) is 30.7 Å². The van der Waals surface area contributed by atoms with Crippen molar-refractivity contribution in [3.8, 4) is 0 Å². The van der Waals surface area contributed by atoms with E-state index in [-0.39, 0.29) is 10.6 Å². The van der Waals surface area contributed by atoms with Crippen LogP contribution in [0.25, 0.3) is 11.0 Å². The molecule has 31 heavy (non-hydrogen) atoms. The summed E-state index contributed by atoms with van der Waals surface area (Å²) >= 11 is 0. The van der Waals surface area contributed by atoms with E-state index in [1.165, 1.54) is 20.3 Å². The Hall–Kier alpha value is -2.42. The summed E-state index contributed by atoms with van der Waals surface area (Å²) in [6.45, 7) is 5.41. The molecule has 7 nitrogen and oxygen atoms in total. The molecule has 2 aromatic carbocycles. The monoisotopic (exact) mass is 442 g/mol. The van der Waals surface area contributed by atoms with Crippen molar-refractivity contribution in [3.05, 3.63) is 64.1 Å². The van der Waals surface area contributed by atoms with Crippen molar-refractivity contribution in [1.82, 2.24) is 18.8 Å². The summed E-state index contributed by atoms with van der Waals surface area (Å²) in [6, 6.07) is 13.5. The van der Waals surface area contributed by atoms with Crippen LogP contribution in [0.5, 0.6) is 0 Å². The molecule has 1 aliphatic rings. The van der Waals surface area contributed by atoms with E-state index in [0.29, 0.717) is 23.5 Å². The zero-order valence-electron chi connectivity index (χ0n) is 18.3. The number of sulfonamides is 1. The van der Waals surface area contributed by atoms with E-state index >= 15 is 0 Å². The predicted molar refractivity (Wildman–Crippen MR) is 123 cm³/mol. The third kappa shape index (κ3) is 4.61. The molecule has 0 radical (unpaired) electrons. The van der Waals surface area contributed by atoms with Gasteiger partial charge in [-0.3, -0.25) is 14.0 Å². The van der Waals surface area contributed by atoms with Gasteiger partial charge in [0.05, 0.1) is 15.9 Å². The van der Waals surface area contributed by atoms with Crippen LogP contribution in [0, 0.1) is 12.8 Å². The van der Waals surface area contributed by atoms with Crippen LogP contribution in [0.4, 0.5) is 0 Å². The van der Waals surface area contributed by atoms with Gasteiger partial charge in [0.25, 0.3) is 0 Å². The highest BCUT2D eigenvalue weighted by Crippen LogP contribution is 2.21. The van der Waals surface area contributed by atoms with Crippen molar-refractivity contribution in [2.75, 3.05) is 19.6 Å². The number of benzene rings is 2. The van der Waals surface area contributed by atoms with Crippen molar-refractivity contribution in [2.24, 2.45) is 20.0 Å². The zero-order valence-corrected chi connectivity index (χ0v) is 19.2. The summed E-state index contributed by atoms with van der Waals surface area (Å²) in [6.07, 6.45) is 1.95. The maximum atomic E-state index is 12.8. The predicted octanol–water partition coefficient (Wildman–Crippen LogP) is 2.38. The Morgan fingerprint density at radius 2 is 1.61 bits per heavy atom. The van der Waals surface area contributed by atoms with Crippen molar-refractivity contribution >= 4 is 21.1 Å². The molecule has 0 spiro atoms. The first-order valence-corrected chi connectivity index (χ1v) is 12.2. The normalized spacial score (nSPS) is 16.2. The van der Waals surface area contributed by atoms with Crippen LogP contribution in [0.1, 0.15) is 24.0 Å². The summed E-state index contributed by atoms with van der Waals surface area (Å²) in [5.41, 5.74) is 3.74. The number of aryl methyl sites for hydroxylation is 3. The molecule has 0 bridgehead atoms. The van der Waals surface area contributed by atoms with E-state index in [9.17, 15) is 13.2 Å². The Morgan fingerprint density at radius 3 is 2.29 bits per heavy atom. The second-order valence-corrected chi connectivity index (χ2v) is 10.4. The van der Waals surface area contributed by atoms with Crippen LogP contribution in [0.2, 0.25) is 0 Å². The molecule has 1 aromatic heterocycles. The van der Waals surface area contributed by atoms with Gasteiger partial charge in [0.2, 0.25) is 10.0 Å². The van der Waals surface area contributed by atoms with Crippen molar-refractivity contribution < 1.29 is 8.42 Å². The van der Waals surface area contributed by atoms with E-state index in [1.54, 1.807) is 32.3 Å². The van der Waals surface area contributed by atoms with Crippen molar-refractivity contribution in [2.45, 2.75) is 31.2 Å². The number of aromatic nitrogens is 2. The fourth-order valence-corrected chi connectivity index (χ4v) is 5.40. The van der Waals surface area contributed by atoms with Crippen LogP contribution in [0.15, 0.2) is 52.2 Å². The summed E-state index contributed by atoms with van der Waals surface area (Å²) < 4.78 is 31.4. The number of likely N-dealkylation sites (tertiary alicyclic amines) is 1. The Labute approximate surface area is 183 Å². The van der Waals surface area contributed by atoms with Gasteiger partial charge in [-0.25, -0.2) is 17.9 Å². The molecule has 0 saturated carbocycles. The lowest BCUT2D eigenvalue weighted by molar-refractivity contribution is 0.178. The lowest BCUT2D eigenvalue weighted by Crippen LogP contribution is -2.38. The van der Waals surface area contributed by atoms with Gasteiger partial charge in [-0.05, 0) is 62.5 Å². The molecular weight excluding hydrogens is 412 g/mol. The molecule has 166 valence electrons. The maximum absolute atomic E-state index is 12.8. The van der Waals surface area contributed by atoms with Crippen LogP contribution in [0.3, 0.4) is 0 Å². The second kappa shape index (κ2) is 8.61. The fraction of sp³-hybridized carbons (Fsp3) is 0.435. The minimum absolute atomic E-state index is 0.171. The number of piperidine rings is 1. The van der Waals surface area contributed by atoms with Crippen molar-refractivity contribution in [1.29, 1.82) is 0 Å². The number of hydrogen-bond donors (Lipinski definition) is 1. The highest BCUT2D eigenvalue weighted by atomic mass is 32.2. The first kappa shape index (κ1) is 21.8. The molecule has 0 amide bonds. The van der Waals surface area contributed by atoms with Gasteiger partial charge in [0.15, 0.2) is 0 Å². The Kier molecular flexibility index (Phi) is 6.05. The molecule has 4 rings (SSSR count). The molecule has 1 fully saturated rings. The summed E-state index contributed by atoms with van der Waals surface area (Å²) in [5, 5.41) is 0. The molecule has 0 atom stereocenters. The quantitative estimate of drug-likeness (QED) is 0.636. The van der Waals surface area contributed by atoms with Gasteiger partial charge < -0.3 is 0 Å². The van der Waals surface area contributed by atoms with Gasteiger partial charge in [-0.15, -0.1) is 0 Å². The molecule has 8 heteroatoms. The minimum atomic E-state index is -3.63. The molecule has 1 aliphatic heterocycles.